The highest BCUT2D eigenvalue weighted by Gasteiger charge is 2.40. The quantitative estimate of drug-likeness (QED) is 0.716. The van der Waals surface area contributed by atoms with Gasteiger partial charge in [-0.2, -0.15) is 0 Å². The van der Waals surface area contributed by atoms with E-state index in [1.807, 2.05) is 13.8 Å². The number of rotatable bonds is 6. The Hall–Kier alpha value is -0.940. The summed E-state index contributed by atoms with van der Waals surface area (Å²) in [7, 11) is 2.13. The molecule has 0 aromatic carbocycles. The van der Waals surface area contributed by atoms with Gasteiger partial charge < -0.3 is 5.32 Å². The Balaban J connectivity index is 1.83. The van der Waals surface area contributed by atoms with E-state index >= 15 is 0 Å². The highest BCUT2D eigenvalue weighted by atomic mass is 16.2. The fourth-order valence-electron chi connectivity index (χ4n) is 2.65. The smallest absolute Gasteiger partial charge is 0.247 e. The van der Waals surface area contributed by atoms with Crippen molar-refractivity contribution in [1.82, 2.24) is 15.1 Å². The zero-order chi connectivity index (χ0) is 14.2. The molecule has 1 saturated carbocycles. The van der Waals surface area contributed by atoms with Gasteiger partial charge in [-0.25, -0.2) is 0 Å². The molecule has 1 heterocycles. The number of carbonyl (C=O) groups is 2. The molecule has 1 aliphatic carbocycles. The first-order chi connectivity index (χ1) is 8.91. The van der Waals surface area contributed by atoms with Crippen molar-refractivity contribution in [3.8, 4) is 0 Å². The molecule has 0 aromatic heterocycles. The predicted octanol–water partition coefficient (Wildman–Crippen LogP) is 0.595. The average molecular weight is 267 g/mol. The number of hydrogen-bond donors (Lipinski definition) is 1. The molecule has 0 bridgehead atoms. The van der Waals surface area contributed by atoms with E-state index < -0.39 is 0 Å². The van der Waals surface area contributed by atoms with E-state index in [4.69, 9.17) is 0 Å². The van der Waals surface area contributed by atoms with Crippen LogP contribution in [0.1, 0.15) is 40.0 Å². The van der Waals surface area contributed by atoms with Crippen molar-refractivity contribution >= 4 is 11.8 Å². The molecular weight excluding hydrogens is 242 g/mol. The molecule has 0 radical (unpaired) electrons. The van der Waals surface area contributed by atoms with E-state index in [1.54, 1.807) is 0 Å². The number of nitrogens with zero attached hydrogens (tertiary/aromatic N) is 2. The summed E-state index contributed by atoms with van der Waals surface area (Å²) in [5, 5.41) is 3.26. The number of hydrogen-bond acceptors (Lipinski definition) is 4. The second-order valence-electron chi connectivity index (χ2n) is 6.11. The Morgan fingerprint density at radius 2 is 1.95 bits per heavy atom. The van der Waals surface area contributed by atoms with Gasteiger partial charge in [0, 0.05) is 24.7 Å². The van der Waals surface area contributed by atoms with Crippen LogP contribution in [0.15, 0.2) is 0 Å². The molecule has 5 heteroatoms. The minimum Gasteiger partial charge on any atom is -0.304 e. The summed E-state index contributed by atoms with van der Waals surface area (Å²) in [6.45, 7) is 6.67. The van der Waals surface area contributed by atoms with Gasteiger partial charge in [-0.05, 0) is 40.7 Å². The summed E-state index contributed by atoms with van der Waals surface area (Å²) in [5.41, 5.74) is 0. The third-order valence-electron chi connectivity index (χ3n) is 4.18. The number of nitrogens with one attached hydrogen (secondary N) is 1. The van der Waals surface area contributed by atoms with Gasteiger partial charge in [0.25, 0.3) is 0 Å². The number of carbonyl (C=O) groups excluding carboxylic acids is 2. The topological polar surface area (TPSA) is 52.7 Å². The lowest BCUT2D eigenvalue weighted by Crippen LogP contribution is -2.46. The van der Waals surface area contributed by atoms with Crippen molar-refractivity contribution in [2.45, 2.75) is 64.2 Å². The molecule has 1 aliphatic heterocycles. The van der Waals surface area contributed by atoms with Crippen LogP contribution < -0.4 is 5.32 Å². The Labute approximate surface area is 115 Å². The van der Waals surface area contributed by atoms with Crippen LogP contribution in [0.25, 0.3) is 0 Å². The summed E-state index contributed by atoms with van der Waals surface area (Å²) in [5.74, 6) is -0.123. The maximum absolute atomic E-state index is 12.1. The molecule has 0 spiro atoms. The van der Waals surface area contributed by atoms with E-state index in [2.05, 4.69) is 24.2 Å². The maximum atomic E-state index is 12.1. The van der Waals surface area contributed by atoms with Crippen molar-refractivity contribution in [2.24, 2.45) is 0 Å². The van der Waals surface area contributed by atoms with Crippen LogP contribution in [0.4, 0.5) is 0 Å². The molecule has 108 valence electrons. The lowest BCUT2D eigenvalue weighted by molar-refractivity contribution is -0.140. The van der Waals surface area contributed by atoms with Crippen LogP contribution in [0.3, 0.4) is 0 Å². The zero-order valence-electron chi connectivity index (χ0n) is 12.3. The van der Waals surface area contributed by atoms with Gasteiger partial charge in [-0.3, -0.25) is 19.4 Å². The van der Waals surface area contributed by atoms with Crippen LogP contribution in [-0.4, -0.2) is 59.4 Å². The Bertz CT molecular complexity index is 366. The molecule has 0 aromatic rings. The summed E-state index contributed by atoms with van der Waals surface area (Å²) >= 11 is 0. The lowest BCUT2D eigenvalue weighted by Gasteiger charge is -2.26. The van der Waals surface area contributed by atoms with Gasteiger partial charge in [0.1, 0.15) is 0 Å². The Morgan fingerprint density at radius 3 is 2.42 bits per heavy atom. The van der Waals surface area contributed by atoms with Gasteiger partial charge in [0.2, 0.25) is 11.8 Å². The summed E-state index contributed by atoms with van der Waals surface area (Å²) < 4.78 is 0. The average Bonchev–Trinajstić information content (AvgIpc) is 3.12. The van der Waals surface area contributed by atoms with Crippen LogP contribution >= 0.6 is 0 Å². The van der Waals surface area contributed by atoms with Gasteiger partial charge in [0.15, 0.2) is 0 Å². The van der Waals surface area contributed by atoms with Gasteiger partial charge >= 0.3 is 0 Å². The molecule has 2 amide bonds. The molecule has 2 fully saturated rings. The molecular formula is C14H25N3O2. The number of likely N-dealkylation sites (N-methyl/N-ethyl adjacent to an activating group) is 1. The van der Waals surface area contributed by atoms with Crippen molar-refractivity contribution < 1.29 is 9.59 Å². The standard InChI is InChI=1S/C14H25N3O2/c1-9(2)17-13(18)7-12(14(17)19)15-8-10(3)16(4)11-5-6-11/h9-12,15H,5-8H2,1-4H3. The molecule has 1 N–H and O–H groups in total. The largest absolute Gasteiger partial charge is 0.304 e. The monoisotopic (exact) mass is 267 g/mol. The SMILES string of the molecule is CC(C)N1C(=O)CC(NCC(C)N(C)C2CC2)C1=O. The minimum absolute atomic E-state index is 0.0432. The lowest BCUT2D eigenvalue weighted by atomic mass is 10.2. The first kappa shape index (κ1) is 14.5. The van der Waals surface area contributed by atoms with Crippen molar-refractivity contribution in [2.75, 3.05) is 13.6 Å². The first-order valence-electron chi connectivity index (χ1n) is 7.23. The molecule has 2 atom stereocenters. The van der Waals surface area contributed by atoms with E-state index in [0.29, 0.717) is 18.5 Å². The number of likely N-dealkylation sites (tertiary alicyclic amines) is 1. The van der Waals surface area contributed by atoms with Gasteiger partial charge in [-0.1, -0.05) is 0 Å². The van der Waals surface area contributed by atoms with Crippen molar-refractivity contribution in [3.63, 3.8) is 0 Å². The number of imide groups is 1. The third-order valence-corrected chi connectivity index (χ3v) is 4.18. The fraction of sp³-hybridized carbons (Fsp3) is 0.857. The molecule has 2 aliphatic rings. The predicted molar refractivity (Wildman–Crippen MR) is 73.6 cm³/mol. The minimum atomic E-state index is -0.329. The molecule has 19 heavy (non-hydrogen) atoms. The fourth-order valence-corrected chi connectivity index (χ4v) is 2.65. The first-order valence-corrected chi connectivity index (χ1v) is 7.23. The summed E-state index contributed by atoms with van der Waals surface area (Å²) in [4.78, 5) is 27.6. The Morgan fingerprint density at radius 1 is 1.32 bits per heavy atom. The summed E-state index contributed by atoms with van der Waals surface area (Å²) in [6.07, 6.45) is 2.86. The second kappa shape index (κ2) is 5.59. The van der Waals surface area contributed by atoms with Gasteiger partial charge in [-0.15, -0.1) is 0 Å². The van der Waals surface area contributed by atoms with Crippen molar-refractivity contribution in [3.05, 3.63) is 0 Å². The van der Waals surface area contributed by atoms with Gasteiger partial charge in [0.05, 0.1) is 12.5 Å². The van der Waals surface area contributed by atoms with Crippen molar-refractivity contribution in [1.29, 1.82) is 0 Å². The van der Waals surface area contributed by atoms with E-state index in [1.165, 1.54) is 17.7 Å². The van der Waals surface area contributed by atoms with E-state index in [0.717, 1.165) is 6.54 Å². The second-order valence-corrected chi connectivity index (χ2v) is 6.11. The van der Waals surface area contributed by atoms with E-state index in [9.17, 15) is 9.59 Å². The number of amides is 2. The van der Waals surface area contributed by atoms with Crippen LogP contribution in [-0.2, 0) is 9.59 Å². The van der Waals surface area contributed by atoms with Crippen LogP contribution in [0.5, 0.6) is 0 Å². The highest BCUT2D eigenvalue weighted by molar-refractivity contribution is 6.05. The molecule has 5 nitrogen and oxygen atoms in total. The van der Waals surface area contributed by atoms with E-state index in [-0.39, 0.29) is 23.9 Å². The normalized spacial score (nSPS) is 25.8. The molecule has 1 saturated heterocycles. The molecule has 2 rings (SSSR count). The maximum Gasteiger partial charge on any atom is 0.247 e. The third kappa shape index (κ3) is 3.15. The highest BCUT2D eigenvalue weighted by Crippen LogP contribution is 2.26. The van der Waals surface area contributed by atoms with Crippen LogP contribution in [0.2, 0.25) is 0 Å². The summed E-state index contributed by atoms with van der Waals surface area (Å²) in [6, 6.07) is 0.733. The Kier molecular flexibility index (Phi) is 4.26. The van der Waals surface area contributed by atoms with Crippen LogP contribution in [0, 0.1) is 0 Å². The molecule has 2 unspecified atom stereocenters. The zero-order valence-corrected chi connectivity index (χ0v) is 12.3.